The average Bonchev–Trinajstić information content (AvgIpc) is 3.23. The molecule has 3 fully saturated rings. The number of imide groups is 2. The van der Waals surface area contributed by atoms with Gasteiger partial charge in [0.1, 0.15) is 5.75 Å². The molecule has 0 aromatic heterocycles. The number of amides is 4. The van der Waals surface area contributed by atoms with E-state index in [1.165, 1.54) is 12.1 Å². The minimum absolute atomic E-state index is 0.0481. The second-order valence-corrected chi connectivity index (χ2v) is 12.7. The highest BCUT2D eigenvalue weighted by atomic mass is 79.9. The molecule has 6 atom stereocenters. The third kappa shape index (κ3) is 3.47. The van der Waals surface area contributed by atoms with E-state index in [0.29, 0.717) is 21.8 Å². The van der Waals surface area contributed by atoms with E-state index < -0.39 is 51.1 Å². The van der Waals surface area contributed by atoms with Crippen LogP contribution in [0.4, 0.5) is 5.69 Å². The molecule has 2 aromatic carbocycles. The second kappa shape index (κ2) is 9.06. The number of nitrogens with zero attached hydrogens (tertiary/aromatic N) is 2. The summed E-state index contributed by atoms with van der Waals surface area (Å²) in [5.74, 6) is -5.17. The number of alkyl halides is 3. The number of rotatable bonds is 3. The zero-order valence-corrected chi connectivity index (χ0v) is 24.4. The van der Waals surface area contributed by atoms with Crippen LogP contribution in [0.25, 0.3) is 0 Å². The molecule has 2 saturated heterocycles. The summed E-state index contributed by atoms with van der Waals surface area (Å²) in [5, 5.41) is 10.7. The number of phenols is 1. The van der Waals surface area contributed by atoms with Crippen LogP contribution in [0.15, 0.2) is 54.1 Å². The van der Waals surface area contributed by atoms with Crippen molar-refractivity contribution in [3.05, 3.63) is 70.3 Å². The Morgan fingerprint density at radius 1 is 1.03 bits per heavy atom. The lowest BCUT2D eigenvalue weighted by Crippen LogP contribution is -2.60. The highest BCUT2D eigenvalue weighted by molar-refractivity contribution is 9.09. The van der Waals surface area contributed by atoms with Crippen molar-refractivity contribution in [2.75, 3.05) is 10.4 Å². The fourth-order valence-electron chi connectivity index (χ4n) is 6.81. The molecule has 6 unspecified atom stereocenters. The van der Waals surface area contributed by atoms with Crippen LogP contribution >= 0.6 is 50.7 Å². The first-order chi connectivity index (χ1) is 18.5. The van der Waals surface area contributed by atoms with E-state index in [-0.39, 0.29) is 30.0 Å². The summed E-state index contributed by atoms with van der Waals surface area (Å²) in [4.78, 5) is 53.3. The smallest absolute Gasteiger partial charge is 0.254 e. The number of halogens is 4. The maximum Gasteiger partial charge on any atom is 0.254 e. The number of phenolic OH excluding ortho intramolecular Hbond substituents is 1. The normalized spacial score (nSPS) is 33.7. The number of aromatic hydroxyl groups is 1. The Bertz CT molecular complexity index is 1510. The Labute approximate surface area is 247 Å². The molecule has 2 heterocycles. The standard InChI is InChI=1S/C28H22BrCl3N2O5/c1-13-5-6-15(10-20(13)30)34-23(36)18-8-7-17-19(21(18)24(34)37)11-27(31)25(38)33(12-29)26(39)28(27,32)22(17)14-3-2-4-16(35)9-14/h2-7,9-10,18-19,21-22,35H,8,11-12H2,1H3. The molecule has 4 aliphatic rings. The topological polar surface area (TPSA) is 95.0 Å². The Balaban J connectivity index is 1.51. The van der Waals surface area contributed by atoms with Crippen molar-refractivity contribution < 1.29 is 24.3 Å². The minimum Gasteiger partial charge on any atom is -0.508 e. The van der Waals surface area contributed by atoms with Crippen molar-refractivity contribution in [3.8, 4) is 5.75 Å². The van der Waals surface area contributed by atoms with Crippen LogP contribution in [0.3, 0.4) is 0 Å². The van der Waals surface area contributed by atoms with Gasteiger partial charge in [-0.2, -0.15) is 0 Å². The number of aryl methyl sites for hydroxylation is 1. The summed E-state index contributed by atoms with van der Waals surface area (Å²) < 4.78 is 0. The van der Waals surface area contributed by atoms with Crippen LogP contribution in [0.1, 0.15) is 29.9 Å². The fourth-order valence-corrected chi connectivity index (χ4v) is 8.41. The van der Waals surface area contributed by atoms with Gasteiger partial charge in [-0.1, -0.05) is 57.4 Å². The van der Waals surface area contributed by atoms with Gasteiger partial charge in [0, 0.05) is 10.9 Å². The summed E-state index contributed by atoms with van der Waals surface area (Å²) in [6, 6.07) is 11.3. The second-order valence-electron chi connectivity index (χ2n) is 10.5. The number of benzene rings is 2. The Kier molecular flexibility index (Phi) is 6.23. The summed E-state index contributed by atoms with van der Waals surface area (Å²) in [6.07, 6.45) is 2.00. The van der Waals surface area contributed by atoms with Crippen LogP contribution in [-0.4, -0.2) is 48.8 Å². The van der Waals surface area contributed by atoms with Gasteiger partial charge in [0.25, 0.3) is 11.8 Å². The summed E-state index contributed by atoms with van der Waals surface area (Å²) in [6.45, 7) is 1.83. The average molecular weight is 653 g/mol. The van der Waals surface area contributed by atoms with Gasteiger partial charge in [0.15, 0.2) is 9.75 Å². The van der Waals surface area contributed by atoms with Gasteiger partial charge in [0.05, 0.1) is 23.0 Å². The number of likely N-dealkylation sites (tertiary alicyclic amines) is 1. The summed E-state index contributed by atoms with van der Waals surface area (Å²) in [5.41, 5.74) is 2.24. The monoisotopic (exact) mass is 650 g/mol. The van der Waals surface area contributed by atoms with Gasteiger partial charge in [-0.05, 0) is 61.1 Å². The molecule has 11 heteroatoms. The van der Waals surface area contributed by atoms with Crippen molar-refractivity contribution in [3.63, 3.8) is 0 Å². The number of carbonyl (C=O) groups is 4. The van der Waals surface area contributed by atoms with Crippen LogP contribution in [0.2, 0.25) is 5.02 Å². The van der Waals surface area contributed by atoms with Gasteiger partial charge in [0.2, 0.25) is 11.8 Å². The van der Waals surface area contributed by atoms with E-state index in [1.54, 1.807) is 30.3 Å². The van der Waals surface area contributed by atoms with E-state index in [1.807, 2.05) is 13.0 Å². The molecule has 0 bridgehead atoms. The highest BCUT2D eigenvalue weighted by Crippen LogP contribution is 2.65. The van der Waals surface area contributed by atoms with Gasteiger partial charge >= 0.3 is 0 Å². The molecule has 0 spiro atoms. The third-order valence-electron chi connectivity index (χ3n) is 8.63. The van der Waals surface area contributed by atoms with Crippen LogP contribution in [-0.2, 0) is 19.2 Å². The quantitative estimate of drug-likeness (QED) is 0.211. The molecule has 39 heavy (non-hydrogen) atoms. The molecule has 202 valence electrons. The molecule has 2 aliphatic heterocycles. The maximum atomic E-state index is 14.0. The van der Waals surface area contributed by atoms with Crippen molar-refractivity contribution in [2.24, 2.45) is 17.8 Å². The first kappa shape index (κ1) is 26.8. The molecule has 1 saturated carbocycles. The largest absolute Gasteiger partial charge is 0.508 e. The van der Waals surface area contributed by atoms with E-state index in [2.05, 4.69) is 15.9 Å². The van der Waals surface area contributed by atoms with Crippen molar-refractivity contribution in [2.45, 2.75) is 35.4 Å². The maximum absolute atomic E-state index is 14.0. The van der Waals surface area contributed by atoms with E-state index in [4.69, 9.17) is 34.8 Å². The predicted octanol–water partition coefficient (Wildman–Crippen LogP) is 5.27. The number of carbonyl (C=O) groups excluding carboxylic acids is 4. The number of anilines is 1. The molecule has 6 rings (SSSR count). The Morgan fingerprint density at radius 2 is 1.77 bits per heavy atom. The molecule has 2 aliphatic carbocycles. The molecular formula is C28H22BrCl3N2O5. The van der Waals surface area contributed by atoms with Gasteiger partial charge in [-0.15, -0.1) is 23.2 Å². The number of fused-ring (bicyclic) bond motifs is 4. The lowest BCUT2D eigenvalue weighted by atomic mass is 9.56. The molecule has 4 amide bonds. The molecular weight excluding hydrogens is 631 g/mol. The molecule has 0 radical (unpaired) electrons. The number of hydrogen-bond donors (Lipinski definition) is 1. The van der Waals surface area contributed by atoms with Crippen molar-refractivity contribution in [1.82, 2.24) is 4.90 Å². The van der Waals surface area contributed by atoms with Crippen LogP contribution in [0.5, 0.6) is 5.75 Å². The Hall–Kier alpha value is -2.39. The van der Waals surface area contributed by atoms with Crippen LogP contribution < -0.4 is 4.90 Å². The number of hydrogen-bond acceptors (Lipinski definition) is 5. The fraction of sp³-hybridized carbons (Fsp3) is 0.357. The van der Waals surface area contributed by atoms with E-state index in [0.717, 1.165) is 15.4 Å². The summed E-state index contributed by atoms with van der Waals surface area (Å²) >= 11 is 23.8. The summed E-state index contributed by atoms with van der Waals surface area (Å²) in [7, 11) is 0. The van der Waals surface area contributed by atoms with E-state index in [9.17, 15) is 24.3 Å². The lowest BCUT2D eigenvalue weighted by molar-refractivity contribution is -0.138. The zero-order valence-electron chi connectivity index (χ0n) is 20.5. The molecule has 2 aromatic rings. The van der Waals surface area contributed by atoms with Crippen molar-refractivity contribution in [1.29, 1.82) is 0 Å². The van der Waals surface area contributed by atoms with E-state index >= 15 is 0 Å². The Morgan fingerprint density at radius 3 is 2.44 bits per heavy atom. The molecule has 7 nitrogen and oxygen atoms in total. The number of allylic oxidation sites excluding steroid dienone is 2. The third-order valence-corrected chi connectivity index (χ3v) is 11.0. The first-order valence-electron chi connectivity index (χ1n) is 12.4. The lowest BCUT2D eigenvalue weighted by Gasteiger charge is -2.50. The van der Waals surface area contributed by atoms with Gasteiger partial charge in [-0.3, -0.25) is 24.1 Å². The van der Waals surface area contributed by atoms with Gasteiger partial charge < -0.3 is 5.11 Å². The van der Waals surface area contributed by atoms with Crippen molar-refractivity contribution >= 4 is 80.0 Å². The zero-order chi connectivity index (χ0) is 28.0. The SMILES string of the molecule is Cc1ccc(N2C(=O)C3CC=C4C(CC5(Cl)C(=O)N(CBr)C(=O)C5(Cl)C4c4cccc(O)c4)C3C2=O)cc1Cl. The first-order valence-corrected chi connectivity index (χ1v) is 14.6. The minimum atomic E-state index is -1.90. The molecule has 1 N–H and O–H groups in total. The van der Waals surface area contributed by atoms with Crippen LogP contribution in [0, 0.1) is 24.7 Å². The predicted molar refractivity (Wildman–Crippen MR) is 150 cm³/mol. The van der Waals surface area contributed by atoms with Gasteiger partial charge in [-0.25, -0.2) is 4.90 Å². The highest BCUT2D eigenvalue weighted by Gasteiger charge is 2.76.